The minimum absolute atomic E-state index is 0.0244. The first-order valence-corrected chi connectivity index (χ1v) is 7.98. The Labute approximate surface area is 135 Å². The minimum Gasteiger partial charge on any atom is -0.388 e. The fourth-order valence-electron chi connectivity index (χ4n) is 3.16. The van der Waals surface area contributed by atoms with Crippen LogP contribution in [-0.4, -0.2) is 26.0 Å². The molecule has 118 valence electrons. The molecule has 1 aliphatic carbocycles. The van der Waals surface area contributed by atoms with Crippen molar-refractivity contribution in [1.29, 1.82) is 0 Å². The summed E-state index contributed by atoms with van der Waals surface area (Å²) >= 11 is 0. The molecule has 0 radical (unpaired) electrons. The van der Waals surface area contributed by atoms with E-state index in [-0.39, 0.29) is 5.41 Å². The van der Waals surface area contributed by atoms with Gasteiger partial charge in [0.1, 0.15) is 0 Å². The summed E-state index contributed by atoms with van der Waals surface area (Å²) in [6, 6.07) is 9.95. The largest absolute Gasteiger partial charge is 0.388 e. The molecule has 1 aromatic carbocycles. The van der Waals surface area contributed by atoms with Crippen molar-refractivity contribution < 1.29 is 5.11 Å². The first kappa shape index (κ1) is 14.4. The van der Waals surface area contributed by atoms with E-state index in [2.05, 4.69) is 15.3 Å². The Bertz CT molecular complexity index is 795. The number of benzene rings is 1. The van der Waals surface area contributed by atoms with E-state index < -0.39 is 6.10 Å². The highest BCUT2D eigenvalue weighted by molar-refractivity contribution is 5.36. The van der Waals surface area contributed by atoms with Crippen LogP contribution in [-0.2, 0) is 6.54 Å². The van der Waals surface area contributed by atoms with E-state index in [0.29, 0.717) is 0 Å². The Hall–Kier alpha value is -2.24. The van der Waals surface area contributed by atoms with Crippen molar-refractivity contribution in [2.45, 2.75) is 25.5 Å². The van der Waals surface area contributed by atoms with Crippen LogP contribution in [0.1, 0.15) is 30.2 Å². The summed E-state index contributed by atoms with van der Waals surface area (Å²) < 4.78 is 2.03. The second-order valence-electron chi connectivity index (χ2n) is 6.33. The van der Waals surface area contributed by atoms with Gasteiger partial charge in [0.05, 0.1) is 24.2 Å². The van der Waals surface area contributed by atoms with Crippen LogP contribution < -0.4 is 5.32 Å². The van der Waals surface area contributed by atoms with Crippen molar-refractivity contribution in [1.82, 2.24) is 19.7 Å². The summed E-state index contributed by atoms with van der Waals surface area (Å²) in [5.74, 6) is 0. The smallest absolute Gasteiger partial charge is 0.155 e. The van der Waals surface area contributed by atoms with E-state index in [1.54, 1.807) is 12.4 Å². The standard InChI is InChI=1S/C18H20N4O/c23-17(14-4-2-1-3-5-14)18(6-7-18)13-20-10-15-11-21-16-12-19-8-9-22(15)16/h1-5,8-9,11-12,17,20,23H,6-7,10,13H2. The van der Waals surface area contributed by atoms with Gasteiger partial charge in [-0.05, 0) is 18.4 Å². The van der Waals surface area contributed by atoms with Crippen molar-refractivity contribution >= 4 is 5.65 Å². The molecule has 2 N–H and O–H groups in total. The topological polar surface area (TPSA) is 62.5 Å². The molecule has 23 heavy (non-hydrogen) atoms. The fourth-order valence-corrected chi connectivity index (χ4v) is 3.16. The number of nitrogens with zero attached hydrogens (tertiary/aromatic N) is 3. The van der Waals surface area contributed by atoms with Crippen molar-refractivity contribution in [3.63, 3.8) is 0 Å². The van der Waals surface area contributed by atoms with Gasteiger partial charge < -0.3 is 10.4 Å². The molecule has 1 saturated carbocycles. The molecular formula is C18H20N4O. The SMILES string of the molecule is OC(c1ccccc1)C1(CNCc2cnc3cnccn23)CC1. The van der Waals surface area contributed by atoms with Crippen LogP contribution in [0.5, 0.6) is 0 Å². The molecule has 5 heteroatoms. The maximum absolute atomic E-state index is 10.7. The summed E-state index contributed by atoms with van der Waals surface area (Å²) in [5.41, 5.74) is 2.94. The first-order valence-electron chi connectivity index (χ1n) is 7.98. The molecule has 1 atom stereocenters. The van der Waals surface area contributed by atoms with Gasteiger partial charge in [0.2, 0.25) is 0 Å². The van der Waals surface area contributed by atoms with Gasteiger partial charge in [0.15, 0.2) is 5.65 Å². The van der Waals surface area contributed by atoms with Crippen LogP contribution in [0.3, 0.4) is 0 Å². The fraction of sp³-hybridized carbons (Fsp3) is 0.333. The molecule has 4 rings (SSSR count). The van der Waals surface area contributed by atoms with Crippen LogP contribution in [0.25, 0.3) is 5.65 Å². The summed E-state index contributed by atoms with van der Waals surface area (Å²) in [7, 11) is 0. The summed E-state index contributed by atoms with van der Waals surface area (Å²) in [4.78, 5) is 8.42. The highest BCUT2D eigenvalue weighted by Gasteiger charge is 2.48. The van der Waals surface area contributed by atoms with Crippen molar-refractivity contribution in [2.75, 3.05) is 6.54 Å². The highest BCUT2D eigenvalue weighted by atomic mass is 16.3. The van der Waals surface area contributed by atoms with Crippen LogP contribution in [0, 0.1) is 5.41 Å². The Balaban J connectivity index is 1.41. The molecule has 1 fully saturated rings. The lowest BCUT2D eigenvalue weighted by molar-refractivity contribution is 0.0916. The van der Waals surface area contributed by atoms with Gasteiger partial charge in [-0.2, -0.15) is 0 Å². The molecule has 1 unspecified atom stereocenters. The van der Waals surface area contributed by atoms with Crippen LogP contribution in [0.4, 0.5) is 0 Å². The third-order valence-electron chi connectivity index (χ3n) is 4.76. The third kappa shape index (κ3) is 2.73. The van der Waals surface area contributed by atoms with Crippen LogP contribution in [0.15, 0.2) is 55.1 Å². The molecule has 0 amide bonds. The number of hydrogen-bond donors (Lipinski definition) is 2. The van der Waals surface area contributed by atoms with Gasteiger partial charge in [-0.1, -0.05) is 30.3 Å². The van der Waals surface area contributed by atoms with Gasteiger partial charge in [0, 0.05) is 30.9 Å². The number of fused-ring (bicyclic) bond motifs is 1. The molecule has 0 aliphatic heterocycles. The predicted molar refractivity (Wildman–Crippen MR) is 87.8 cm³/mol. The number of aliphatic hydroxyl groups is 1. The first-order chi connectivity index (χ1) is 11.3. The Morgan fingerprint density at radius 2 is 2.04 bits per heavy atom. The molecule has 0 spiro atoms. The lowest BCUT2D eigenvalue weighted by atomic mass is 9.92. The zero-order chi connectivity index (χ0) is 15.7. The Morgan fingerprint density at radius 1 is 1.22 bits per heavy atom. The quantitative estimate of drug-likeness (QED) is 0.734. The van der Waals surface area contributed by atoms with Gasteiger partial charge in [-0.15, -0.1) is 0 Å². The second kappa shape index (κ2) is 5.76. The lowest BCUT2D eigenvalue weighted by Crippen LogP contribution is -2.28. The maximum Gasteiger partial charge on any atom is 0.155 e. The maximum atomic E-state index is 10.7. The minimum atomic E-state index is -0.400. The molecule has 0 bridgehead atoms. The van der Waals surface area contributed by atoms with Gasteiger partial charge in [0.25, 0.3) is 0 Å². The van der Waals surface area contributed by atoms with Gasteiger partial charge in [-0.3, -0.25) is 9.38 Å². The van der Waals surface area contributed by atoms with Crippen molar-refractivity contribution in [3.05, 3.63) is 66.4 Å². The van der Waals surface area contributed by atoms with E-state index in [1.807, 2.05) is 47.1 Å². The zero-order valence-electron chi connectivity index (χ0n) is 12.9. The second-order valence-corrected chi connectivity index (χ2v) is 6.33. The van der Waals surface area contributed by atoms with E-state index in [1.165, 1.54) is 0 Å². The van der Waals surface area contributed by atoms with E-state index in [4.69, 9.17) is 0 Å². The lowest BCUT2D eigenvalue weighted by Gasteiger charge is -2.23. The molecule has 2 aromatic heterocycles. The molecule has 3 aromatic rings. The number of aromatic nitrogens is 3. The average Bonchev–Trinajstić information content (AvgIpc) is 3.29. The van der Waals surface area contributed by atoms with Gasteiger partial charge >= 0.3 is 0 Å². The van der Waals surface area contributed by atoms with E-state index in [0.717, 1.165) is 42.8 Å². The van der Waals surface area contributed by atoms with Crippen molar-refractivity contribution in [2.24, 2.45) is 5.41 Å². The summed E-state index contributed by atoms with van der Waals surface area (Å²) in [6.07, 6.45) is 9.04. The summed E-state index contributed by atoms with van der Waals surface area (Å²) in [6.45, 7) is 1.54. The number of hydrogen-bond acceptors (Lipinski definition) is 4. The Kier molecular flexibility index (Phi) is 3.59. The summed E-state index contributed by atoms with van der Waals surface area (Å²) in [5, 5.41) is 14.2. The van der Waals surface area contributed by atoms with E-state index >= 15 is 0 Å². The molecule has 2 heterocycles. The van der Waals surface area contributed by atoms with Gasteiger partial charge in [-0.25, -0.2) is 4.98 Å². The molecule has 5 nitrogen and oxygen atoms in total. The molecule has 1 aliphatic rings. The molecule has 0 saturated heterocycles. The van der Waals surface area contributed by atoms with E-state index in [9.17, 15) is 5.11 Å². The van der Waals surface area contributed by atoms with Crippen molar-refractivity contribution in [3.8, 4) is 0 Å². The number of imidazole rings is 1. The third-order valence-corrected chi connectivity index (χ3v) is 4.76. The Morgan fingerprint density at radius 3 is 2.83 bits per heavy atom. The average molecular weight is 308 g/mol. The normalized spacial score (nSPS) is 17.3. The number of aliphatic hydroxyl groups excluding tert-OH is 1. The number of rotatable bonds is 6. The predicted octanol–water partition coefficient (Wildman–Crippen LogP) is 2.33. The van der Waals surface area contributed by atoms with Crippen LogP contribution >= 0.6 is 0 Å². The van der Waals surface area contributed by atoms with Crippen LogP contribution in [0.2, 0.25) is 0 Å². The zero-order valence-corrected chi connectivity index (χ0v) is 12.9. The highest BCUT2D eigenvalue weighted by Crippen LogP contribution is 2.54. The number of nitrogens with one attached hydrogen (secondary N) is 1. The molecular weight excluding hydrogens is 288 g/mol. The monoisotopic (exact) mass is 308 g/mol.